The number of allylic oxidation sites excluding steroid dienone is 1. The van der Waals surface area contributed by atoms with Crippen molar-refractivity contribution in [1.29, 1.82) is 5.26 Å². The number of benzene rings is 2. The van der Waals surface area contributed by atoms with E-state index in [4.69, 9.17) is 5.73 Å². The van der Waals surface area contributed by atoms with Crippen LogP contribution in [0.5, 0.6) is 0 Å². The van der Waals surface area contributed by atoms with Gasteiger partial charge in [-0.25, -0.2) is 0 Å². The van der Waals surface area contributed by atoms with Crippen LogP contribution < -0.4 is 16.5 Å². The van der Waals surface area contributed by atoms with Gasteiger partial charge in [-0.3, -0.25) is 24.6 Å². The average molecular weight is 658 g/mol. The summed E-state index contributed by atoms with van der Waals surface area (Å²) >= 11 is 0. The summed E-state index contributed by atoms with van der Waals surface area (Å²) in [6.45, 7) is 12.1. The molecule has 2 aromatic rings. The van der Waals surface area contributed by atoms with E-state index < -0.39 is 5.91 Å². The fraction of sp³-hybridized carbons (Fsp3) is 0.459. The number of nitrogens with one attached hydrogen (secondary N) is 2. The molecule has 0 aromatic heterocycles. The van der Waals surface area contributed by atoms with Crippen molar-refractivity contribution in [2.45, 2.75) is 86.0 Å². The van der Waals surface area contributed by atoms with Gasteiger partial charge in [0.15, 0.2) is 12.0 Å². The van der Waals surface area contributed by atoms with Gasteiger partial charge in [0, 0.05) is 48.7 Å². The quantitative estimate of drug-likeness (QED) is 0.0352. The zero-order valence-corrected chi connectivity index (χ0v) is 29.1. The van der Waals surface area contributed by atoms with E-state index >= 15 is 0 Å². The average Bonchev–Trinajstić information content (AvgIpc) is 3.08. The molecule has 0 atom stereocenters. The lowest BCUT2D eigenvalue weighted by atomic mass is 10.1. The first-order chi connectivity index (χ1) is 23.1. The molecule has 48 heavy (non-hydrogen) atoms. The molecule has 258 valence electrons. The highest BCUT2D eigenvalue weighted by Gasteiger charge is 2.23. The molecule has 0 bridgehead atoms. The summed E-state index contributed by atoms with van der Waals surface area (Å²) in [6.07, 6.45) is 7.45. The van der Waals surface area contributed by atoms with E-state index in [0.717, 1.165) is 51.4 Å². The lowest BCUT2D eigenvalue weighted by molar-refractivity contribution is -0.110. The van der Waals surface area contributed by atoms with Crippen LogP contribution in [0.3, 0.4) is 0 Å². The Balaban J connectivity index is 2.71. The number of rotatable bonds is 20. The van der Waals surface area contributed by atoms with Crippen LogP contribution in [-0.2, 0) is 9.59 Å². The van der Waals surface area contributed by atoms with E-state index in [2.05, 4.69) is 43.5 Å². The Morgan fingerprint density at radius 1 is 0.854 bits per heavy atom. The van der Waals surface area contributed by atoms with Crippen LogP contribution in [0.1, 0.15) is 107 Å². The van der Waals surface area contributed by atoms with Crippen LogP contribution in [0.25, 0.3) is 0 Å². The standard InChI is InChI=1S/C37H51N7O4/c1-6-10-19-43(20-11-7-2)36(47)28-17-18-32(37(48)44(21-12-8-3)22-13-9-4)33(23-28)41-42-34(27(5)29(25-38)26-45)35(46)40-31-16-14-15-30(39)24-31/h14-18,23-24,26,41H,6-13,19-22,39H2,1-5H3,(H,40,46)/b29-27-,42-34?. The van der Waals surface area contributed by atoms with Gasteiger partial charge in [-0.1, -0.05) is 59.4 Å². The van der Waals surface area contributed by atoms with Gasteiger partial charge >= 0.3 is 0 Å². The molecule has 11 heteroatoms. The van der Waals surface area contributed by atoms with Crippen molar-refractivity contribution in [3.05, 3.63) is 64.7 Å². The number of anilines is 3. The fourth-order valence-corrected chi connectivity index (χ4v) is 4.89. The zero-order valence-electron chi connectivity index (χ0n) is 29.1. The Morgan fingerprint density at radius 2 is 1.42 bits per heavy atom. The number of aldehydes is 1. The van der Waals surface area contributed by atoms with E-state index in [1.54, 1.807) is 53.4 Å². The predicted molar refractivity (Wildman–Crippen MR) is 193 cm³/mol. The highest BCUT2D eigenvalue weighted by molar-refractivity contribution is 6.49. The number of nitrogens with two attached hydrogens (primary N) is 1. The summed E-state index contributed by atoms with van der Waals surface area (Å²) in [5.41, 5.74) is 9.92. The normalized spacial score (nSPS) is 11.6. The van der Waals surface area contributed by atoms with Crippen LogP contribution in [0.15, 0.2) is 58.7 Å². The molecule has 0 saturated heterocycles. The monoisotopic (exact) mass is 657 g/mol. The molecule has 0 heterocycles. The van der Waals surface area contributed by atoms with Crippen molar-refractivity contribution >= 4 is 46.8 Å². The maximum absolute atomic E-state index is 14.0. The Morgan fingerprint density at radius 3 is 1.92 bits per heavy atom. The van der Waals surface area contributed by atoms with Crippen LogP contribution >= 0.6 is 0 Å². The van der Waals surface area contributed by atoms with Crippen molar-refractivity contribution in [2.75, 3.05) is 42.7 Å². The lowest BCUT2D eigenvalue weighted by Crippen LogP contribution is -2.34. The van der Waals surface area contributed by atoms with Gasteiger partial charge in [0.25, 0.3) is 17.7 Å². The molecule has 2 aromatic carbocycles. The molecule has 0 fully saturated rings. The number of nitrogen functional groups attached to an aromatic ring is 1. The lowest BCUT2D eigenvalue weighted by Gasteiger charge is -2.25. The molecule has 3 amide bonds. The van der Waals surface area contributed by atoms with Crippen LogP contribution in [0.2, 0.25) is 0 Å². The minimum Gasteiger partial charge on any atom is -0.399 e. The highest BCUT2D eigenvalue weighted by atomic mass is 16.2. The number of carbonyl (C=O) groups is 4. The predicted octanol–water partition coefficient (Wildman–Crippen LogP) is 6.80. The van der Waals surface area contributed by atoms with Crippen LogP contribution in [-0.4, -0.2) is 65.7 Å². The first-order valence-electron chi connectivity index (χ1n) is 16.9. The second-order valence-electron chi connectivity index (χ2n) is 11.7. The molecule has 0 radical (unpaired) electrons. The van der Waals surface area contributed by atoms with Crippen molar-refractivity contribution in [2.24, 2.45) is 5.10 Å². The number of hydrogen-bond donors (Lipinski definition) is 3. The Labute approximate surface area is 285 Å². The van der Waals surface area contributed by atoms with Gasteiger partial charge in [0.2, 0.25) is 0 Å². The minimum absolute atomic E-state index is 0.0272. The molecule has 0 unspecified atom stereocenters. The third kappa shape index (κ3) is 11.7. The molecular formula is C37H51N7O4. The third-order valence-electron chi connectivity index (χ3n) is 7.84. The zero-order chi connectivity index (χ0) is 35.5. The van der Waals surface area contributed by atoms with Crippen molar-refractivity contribution in [3.8, 4) is 6.07 Å². The number of carbonyl (C=O) groups excluding carboxylic acids is 4. The Hall–Kier alpha value is -4.98. The van der Waals surface area contributed by atoms with Gasteiger partial charge in [-0.2, -0.15) is 10.4 Å². The molecule has 0 aliphatic carbocycles. The topological polar surface area (TPSA) is 161 Å². The van der Waals surface area contributed by atoms with Crippen LogP contribution in [0, 0.1) is 11.3 Å². The number of unbranched alkanes of at least 4 members (excludes halogenated alkanes) is 4. The van der Waals surface area contributed by atoms with E-state index in [1.165, 1.54) is 6.92 Å². The SMILES string of the molecule is CCCCN(CCCC)C(=O)c1ccc(C(=O)N(CCCC)CCCC)c(NN=C(C(=O)Nc2cccc(N)c2)/C(C)=C(/C#N)C=O)c1. The highest BCUT2D eigenvalue weighted by Crippen LogP contribution is 2.23. The summed E-state index contributed by atoms with van der Waals surface area (Å²) in [7, 11) is 0. The van der Waals surface area contributed by atoms with E-state index in [0.29, 0.717) is 49.4 Å². The van der Waals surface area contributed by atoms with Gasteiger partial charge in [0.05, 0.1) is 16.8 Å². The number of hydrogen-bond acceptors (Lipinski definition) is 8. The third-order valence-corrected chi connectivity index (χ3v) is 7.84. The number of amides is 3. The molecule has 2 rings (SSSR count). The second kappa shape index (κ2) is 21.0. The number of hydrazone groups is 1. The molecule has 0 spiro atoms. The summed E-state index contributed by atoms with van der Waals surface area (Å²) in [6, 6.07) is 13.2. The van der Waals surface area contributed by atoms with Crippen LogP contribution in [0.4, 0.5) is 17.1 Å². The maximum atomic E-state index is 14.0. The maximum Gasteiger partial charge on any atom is 0.276 e. The smallest absolute Gasteiger partial charge is 0.276 e. The molecule has 11 nitrogen and oxygen atoms in total. The number of nitrogens with zero attached hydrogens (tertiary/aromatic N) is 4. The van der Waals surface area contributed by atoms with E-state index in [1.807, 2.05) is 4.90 Å². The summed E-state index contributed by atoms with van der Waals surface area (Å²) in [5.74, 6) is -1.11. The van der Waals surface area contributed by atoms with Gasteiger partial charge in [-0.15, -0.1) is 0 Å². The minimum atomic E-state index is -0.710. The molecule has 0 aliphatic rings. The van der Waals surface area contributed by atoms with Gasteiger partial charge in [-0.05, 0) is 69.0 Å². The van der Waals surface area contributed by atoms with Crippen molar-refractivity contribution in [3.63, 3.8) is 0 Å². The number of nitriles is 1. The Kier molecular flexibility index (Phi) is 17.2. The molecule has 0 aliphatic heterocycles. The molecular weight excluding hydrogens is 606 g/mol. The van der Waals surface area contributed by atoms with Gasteiger partial charge in [0.1, 0.15) is 6.07 Å². The first kappa shape index (κ1) is 39.2. The second-order valence-corrected chi connectivity index (χ2v) is 11.7. The van der Waals surface area contributed by atoms with Crippen molar-refractivity contribution < 1.29 is 19.2 Å². The molecule has 4 N–H and O–H groups in total. The van der Waals surface area contributed by atoms with Crippen molar-refractivity contribution in [1.82, 2.24) is 9.80 Å². The summed E-state index contributed by atoms with van der Waals surface area (Å²) < 4.78 is 0. The largest absolute Gasteiger partial charge is 0.399 e. The summed E-state index contributed by atoms with van der Waals surface area (Å²) in [4.78, 5) is 56.6. The van der Waals surface area contributed by atoms with E-state index in [-0.39, 0.29) is 39.9 Å². The summed E-state index contributed by atoms with van der Waals surface area (Å²) in [5, 5.41) is 16.6. The van der Waals surface area contributed by atoms with Gasteiger partial charge < -0.3 is 20.9 Å². The molecule has 0 saturated carbocycles. The first-order valence-corrected chi connectivity index (χ1v) is 16.9. The fourth-order valence-electron chi connectivity index (χ4n) is 4.89. The van der Waals surface area contributed by atoms with E-state index in [9.17, 15) is 24.4 Å². The Bertz CT molecular complexity index is 1490.